The van der Waals surface area contributed by atoms with Crippen LogP contribution in [0.3, 0.4) is 0 Å². The molecular weight excluding hydrogens is 534 g/mol. The Labute approximate surface area is 225 Å². The number of nitrogens with zero attached hydrogens (tertiary/aromatic N) is 2. The largest absolute Gasteiger partial charge is 0.573 e. The van der Waals surface area contributed by atoms with E-state index in [9.17, 15) is 33.0 Å². The molecule has 0 aliphatic rings. The lowest BCUT2D eigenvalue weighted by Crippen LogP contribution is -2.37. The maximum absolute atomic E-state index is 13.3. The number of para-hydroxylation sites is 1. The van der Waals surface area contributed by atoms with Gasteiger partial charge < -0.3 is 30.3 Å². The Morgan fingerprint density at radius 2 is 1.77 bits per heavy atom. The Morgan fingerprint density at radius 3 is 2.45 bits per heavy atom. The van der Waals surface area contributed by atoms with Crippen LogP contribution in [0.4, 0.5) is 13.2 Å². The van der Waals surface area contributed by atoms with E-state index in [0.29, 0.717) is 22.0 Å². The zero-order chi connectivity index (χ0) is 29.2. The van der Waals surface area contributed by atoms with Gasteiger partial charge in [-0.05, 0) is 36.8 Å². The molecule has 0 radical (unpaired) electrons. The minimum absolute atomic E-state index is 0.0468. The van der Waals surface area contributed by atoms with Crippen LogP contribution in [0.2, 0.25) is 0 Å². The van der Waals surface area contributed by atoms with Crippen molar-refractivity contribution in [3.63, 3.8) is 0 Å². The fourth-order valence-corrected chi connectivity index (χ4v) is 3.94. The highest BCUT2D eigenvalue weighted by Gasteiger charge is 2.33. The van der Waals surface area contributed by atoms with Crippen molar-refractivity contribution in [3.05, 3.63) is 71.5 Å². The van der Waals surface area contributed by atoms with Gasteiger partial charge in [0.1, 0.15) is 11.3 Å². The molecule has 15 heteroatoms. The topological polar surface area (TPSA) is 159 Å². The number of hydrogen-bond donors (Lipinski definition) is 5. The number of H-pyrrole nitrogens is 1. The van der Waals surface area contributed by atoms with Crippen molar-refractivity contribution in [1.82, 2.24) is 25.8 Å². The van der Waals surface area contributed by atoms with Crippen molar-refractivity contribution in [2.24, 2.45) is 0 Å². The van der Waals surface area contributed by atoms with Gasteiger partial charge in [0.05, 0.1) is 11.6 Å². The van der Waals surface area contributed by atoms with Crippen LogP contribution in [0.1, 0.15) is 39.4 Å². The van der Waals surface area contributed by atoms with Crippen molar-refractivity contribution >= 4 is 30.6 Å². The number of carbonyl (C=O) groups excluding carboxylic acids is 2. The molecular formula is C25H23BF3N5O6. The summed E-state index contributed by atoms with van der Waals surface area (Å²) in [5, 5.41) is 31.9. The third kappa shape index (κ3) is 6.50. The first-order chi connectivity index (χ1) is 18.8. The molecule has 1 atom stereocenters. The summed E-state index contributed by atoms with van der Waals surface area (Å²) in [6.45, 7) is 1.45. The van der Waals surface area contributed by atoms with Crippen molar-refractivity contribution in [2.45, 2.75) is 25.2 Å². The second-order valence-corrected chi connectivity index (χ2v) is 8.81. The summed E-state index contributed by atoms with van der Waals surface area (Å²) in [6.07, 6.45) is -3.62. The van der Waals surface area contributed by atoms with Gasteiger partial charge in [-0.25, -0.2) is 4.98 Å². The molecule has 208 valence electrons. The zero-order valence-electron chi connectivity index (χ0n) is 21.3. The van der Waals surface area contributed by atoms with E-state index >= 15 is 0 Å². The molecule has 0 aliphatic heterocycles. The molecule has 2 aromatic carbocycles. The van der Waals surface area contributed by atoms with Gasteiger partial charge in [-0.3, -0.25) is 14.7 Å². The van der Waals surface area contributed by atoms with Crippen LogP contribution in [0.25, 0.3) is 22.0 Å². The molecule has 40 heavy (non-hydrogen) atoms. The number of aromatic amines is 1. The van der Waals surface area contributed by atoms with E-state index in [2.05, 4.69) is 30.6 Å². The lowest BCUT2D eigenvalue weighted by Gasteiger charge is -2.22. The van der Waals surface area contributed by atoms with E-state index < -0.39 is 35.8 Å². The molecule has 0 aliphatic carbocycles. The van der Waals surface area contributed by atoms with Crippen molar-refractivity contribution in [2.75, 3.05) is 7.05 Å². The highest BCUT2D eigenvalue weighted by molar-refractivity contribution is 6.12. The molecule has 5 N–H and O–H groups in total. The summed E-state index contributed by atoms with van der Waals surface area (Å²) in [5.41, 5.74) is 1.49. The number of pyridine rings is 1. The van der Waals surface area contributed by atoms with Crippen LogP contribution in [0.5, 0.6) is 11.6 Å². The number of nitrogens with one attached hydrogen (secondary N) is 3. The first-order valence-electron chi connectivity index (χ1n) is 11.8. The van der Waals surface area contributed by atoms with Crippen molar-refractivity contribution in [1.29, 1.82) is 0 Å². The van der Waals surface area contributed by atoms with Gasteiger partial charge in [-0.15, -0.1) is 13.2 Å². The number of alkyl halides is 3. The summed E-state index contributed by atoms with van der Waals surface area (Å²) in [7, 11) is 2.39. The fourth-order valence-electron chi connectivity index (χ4n) is 3.94. The van der Waals surface area contributed by atoms with Gasteiger partial charge in [-0.1, -0.05) is 24.3 Å². The Bertz CT molecular complexity index is 1570. The lowest BCUT2D eigenvalue weighted by molar-refractivity contribution is -0.275. The molecule has 0 saturated heterocycles. The molecule has 0 spiro atoms. The zero-order valence-corrected chi connectivity index (χ0v) is 21.3. The predicted octanol–water partition coefficient (Wildman–Crippen LogP) is 1.98. The molecule has 1 unspecified atom stereocenters. The molecule has 0 fully saturated rings. The first kappa shape index (κ1) is 28.4. The average Bonchev–Trinajstić information content (AvgIpc) is 3.30. The van der Waals surface area contributed by atoms with E-state index in [1.54, 1.807) is 18.2 Å². The number of fused-ring (bicyclic) bond motifs is 1. The number of carbonyl (C=O) groups is 2. The van der Waals surface area contributed by atoms with E-state index in [1.807, 2.05) is 0 Å². The molecule has 4 aromatic rings. The standard InChI is InChI=1S/C25H23BF3N5O6/c1-12(15-5-3-4-6-19(15)39-25(27,28)29)32-21(35)17-9-14(11-31-23(17)40-24(26,37)38)13-7-8-16-18(10-13)33-34-20(16)22(36)30-2/h3-12,37-38H,26H2,1-2H3,(H,30,36)(H,32,35)(H,33,34). The fraction of sp³-hybridized carbons (Fsp3) is 0.200. The number of aliphatic hydroxyl groups is 2. The summed E-state index contributed by atoms with van der Waals surface area (Å²) < 4.78 is 47.7. The van der Waals surface area contributed by atoms with Gasteiger partial charge in [-0.2, -0.15) is 5.10 Å². The summed E-state index contributed by atoms with van der Waals surface area (Å²) in [4.78, 5) is 29.4. The first-order valence-corrected chi connectivity index (χ1v) is 11.8. The number of aromatic nitrogens is 3. The molecule has 0 bridgehead atoms. The molecule has 11 nitrogen and oxygen atoms in total. The third-order valence-corrected chi connectivity index (χ3v) is 5.68. The van der Waals surface area contributed by atoms with Crippen molar-refractivity contribution in [3.8, 4) is 22.8 Å². The maximum Gasteiger partial charge on any atom is 0.573 e. The van der Waals surface area contributed by atoms with Crippen LogP contribution in [0, 0.1) is 0 Å². The monoisotopic (exact) mass is 557 g/mol. The number of hydrogen-bond acceptors (Lipinski definition) is 8. The average molecular weight is 557 g/mol. The minimum Gasteiger partial charge on any atom is -0.430 e. The predicted molar refractivity (Wildman–Crippen MR) is 138 cm³/mol. The van der Waals surface area contributed by atoms with Crippen LogP contribution >= 0.6 is 0 Å². The van der Waals surface area contributed by atoms with Gasteiger partial charge in [0, 0.05) is 29.8 Å². The smallest absolute Gasteiger partial charge is 0.430 e. The molecule has 2 aromatic heterocycles. The van der Waals surface area contributed by atoms with Gasteiger partial charge in [0.2, 0.25) is 13.7 Å². The normalized spacial score (nSPS) is 12.6. The molecule has 0 saturated carbocycles. The number of halogens is 3. The molecule has 2 heterocycles. The van der Waals surface area contributed by atoms with Gasteiger partial charge >= 0.3 is 6.36 Å². The maximum atomic E-state index is 13.3. The van der Waals surface area contributed by atoms with Crippen LogP contribution in [0.15, 0.2) is 54.7 Å². The number of amides is 2. The minimum atomic E-state index is -4.94. The highest BCUT2D eigenvalue weighted by Crippen LogP contribution is 2.32. The second-order valence-electron chi connectivity index (χ2n) is 8.81. The summed E-state index contributed by atoms with van der Waals surface area (Å²) in [6, 6.07) is 10.7. The number of rotatable bonds is 8. The van der Waals surface area contributed by atoms with Crippen molar-refractivity contribution < 1.29 is 42.4 Å². The summed E-state index contributed by atoms with van der Waals surface area (Å²) >= 11 is 0. The Kier molecular flexibility index (Phi) is 7.71. The second kappa shape index (κ2) is 10.9. The molecule has 4 rings (SSSR count). The van der Waals surface area contributed by atoms with Gasteiger partial charge in [0.15, 0.2) is 5.69 Å². The quantitative estimate of drug-likeness (QED) is 0.163. The number of ether oxygens (including phenoxy) is 2. The molecule has 2 amide bonds. The highest BCUT2D eigenvalue weighted by atomic mass is 19.4. The Balaban J connectivity index is 1.69. The lowest BCUT2D eigenvalue weighted by atomic mass is 10.0. The van der Waals surface area contributed by atoms with Crippen LogP contribution in [-0.4, -0.2) is 64.3 Å². The van der Waals surface area contributed by atoms with Gasteiger partial charge in [0.25, 0.3) is 17.7 Å². The van der Waals surface area contributed by atoms with Crippen LogP contribution in [-0.2, 0) is 0 Å². The van der Waals surface area contributed by atoms with Crippen LogP contribution < -0.4 is 20.1 Å². The SMILES string of the molecule is BC(O)(O)Oc1ncc(-c2ccc3c(C(=O)NC)n[nH]c3c2)cc1C(=O)NC(C)c1ccccc1OC(F)(F)F. The summed E-state index contributed by atoms with van der Waals surface area (Å²) in [5.74, 6) is -4.83. The Morgan fingerprint density at radius 1 is 1.05 bits per heavy atom. The van der Waals surface area contributed by atoms with E-state index in [1.165, 1.54) is 44.4 Å². The Hall–Kier alpha value is -4.63. The van der Waals surface area contributed by atoms with E-state index in [4.69, 9.17) is 4.74 Å². The van der Waals surface area contributed by atoms with E-state index in [-0.39, 0.29) is 22.7 Å². The number of benzene rings is 2. The van der Waals surface area contributed by atoms with E-state index in [0.717, 1.165) is 13.9 Å². The third-order valence-electron chi connectivity index (χ3n) is 5.68.